The molecule has 0 saturated heterocycles. The van der Waals surface area contributed by atoms with Crippen LogP contribution in [0.15, 0.2) is 6.33 Å². The van der Waals surface area contributed by atoms with E-state index in [0.29, 0.717) is 6.61 Å². The van der Waals surface area contributed by atoms with Crippen LogP contribution in [0, 0.1) is 0 Å². The number of nitrogens with zero attached hydrogens (tertiary/aromatic N) is 2. The largest absolute Gasteiger partial charge is 0.476 e. The van der Waals surface area contributed by atoms with Gasteiger partial charge in [-0.25, -0.2) is 4.98 Å². The molecular formula is C10H13Cl2N3O2. The van der Waals surface area contributed by atoms with E-state index in [9.17, 15) is 4.79 Å². The van der Waals surface area contributed by atoms with Gasteiger partial charge in [-0.05, 0) is 6.42 Å². The highest BCUT2D eigenvalue weighted by molar-refractivity contribution is 6.34. The lowest BCUT2D eigenvalue weighted by molar-refractivity contribution is -0.113. The van der Waals surface area contributed by atoms with Gasteiger partial charge in [-0.2, -0.15) is 4.98 Å². The summed E-state index contributed by atoms with van der Waals surface area (Å²) in [7, 11) is 0. The molecule has 0 radical (unpaired) electrons. The number of unbranched alkanes of at least 4 members (excludes halogenated alkanes) is 1. The normalized spacial score (nSPS) is 10.1. The molecule has 0 saturated carbocycles. The molecule has 1 aromatic rings. The molecule has 0 atom stereocenters. The SMILES string of the molecule is CCCCOc1ncnc(Cl)c1NC(=O)CCl. The quantitative estimate of drug-likeness (QED) is 0.493. The fraction of sp³-hybridized carbons (Fsp3) is 0.500. The summed E-state index contributed by atoms with van der Waals surface area (Å²) in [5.41, 5.74) is 0.260. The Hall–Kier alpha value is -1.07. The number of anilines is 1. The third-order valence-corrected chi connectivity index (χ3v) is 2.42. The molecule has 0 aliphatic rings. The van der Waals surface area contributed by atoms with Crippen molar-refractivity contribution in [3.05, 3.63) is 11.5 Å². The van der Waals surface area contributed by atoms with Crippen LogP contribution in [0.2, 0.25) is 5.15 Å². The van der Waals surface area contributed by atoms with Gasteiger partial charge < -0.3 is 10.1 Å². The Balaban J connectivity index is 2.80. The number of rotatable bonds is 6. The number of alkyl halides is 1. The lowest BCUT2D eigenvalue weighted by Crippen LogP contribution is -2.15. The van der Waals surface area contributed by atoms with Crippen LogP contribution >= 0.6 is 23.2 Å². The first-order valence-corrected chi connectivity index (χ1v) is 6.09. The Labute approximate surface area is 109 Å². The molecule has 1 N–H and O–H groups in total. The first-order valence-electron chi connectivity index (χ1n) is 5.18. The van der Waals surface area contributed by atoms with Crippen LogP contribution in [0.1, 0.15) is 19.8 Å². The van der Waals surface area contributed by atoms with E-state index in [1.807, 2.05) is 6.92 Å². The summed E-state index contributed by atoms with van der Waals surface area (Å²) < 4.78 is 5.41. The molecule has 1 aromatic heterocycles. The standard InChI is InChI=1S/C10H13Cl2N3O2/c1-2-3-4-17-10-8(15-7(16)5-11)9(12)13-6-14-10/h6H,2-5H2,1H3,(H,15,16). The second-order valence-electron chi connectivity index (χ2n) is 3.23. The number of halogens is 2. The van der Waals surface area contributed by atoms with Gasteiger partial charge in [0, 0.05) is 0 Å². The van der Waals surface area contributed by atoms with Gasteiger partial charge in [0.05, 0.1) is 6.61 Å². The zero-order chi connectivity index (χ0) is 12.7. The van der Waals surface area contributed by atoms with Crippen LogP contribution in [-0.2, 0) is 4.79 Å². The number of amides is 1. The summed E-state index contributed by atoms with van der Waals surface area (Å²) in [6.45, 7) is 2.56. The number of hydrogen-bond donors (Lipinski definition) is 1. The van der Waals surface area contributed by atoms with Crippen molar-refractivity contribution in [2.24, 2.45) is 0 Å². The van der Waals surface area contributed by atoms with Gasteiger partial charge in [0.2, 0.25) is 11.8 Å². The molecule has 0 spiro atoms. The van der Waals surface area contributed by atoms with E-state index < -0.39 is 0 Å². The maximum absolute atomic E-state index is 11.2. The molecule has 0 aliphatic carbocycles. The Morgan fingerprint density at radius 1 is 1.53 bits per heavy atom. The van der Waals surface area contributed by atoms with E-state index in [0.717, 1.165) is 12.8 Å². The van der Waals surface area contributed by atoms with Gasteiger partial charge in [-0.15, -0.1) is 11.6 Å². The van der Waals surface area contributed by atoms with Crippen LogP contribution in [0.5, 0.6) is 5.88 Å². The minimum atomic E-state index is -0.385. The zero-order valence-electron chi connectivity index (χ0n) is 9.37. The lowest BCUT2D eigenvalue weighted by atomic mass is 10.4. The van der Waals surface area contributed by atoms with Crippen LogP contribution in [0.4, 0.5) is 5.69 Å². The number of carbonyl (C=O) groups excluding carboxylic acids is 1. The fourth-order valence-corrected chi connectivity index (χ4v) is 1.29. The number of hydrogen-bond acceptors (Lipinski definition) is 4. The van der Waals surface area contributed by atoms with Crippen molar-refractivity contribution in [3.63, 3.8) is 0 Å². The smallest absolute Gasteiger partial charge is 0.242 e. The average Bonchev–Trinajstić information content (AvgIpc) is 2.33. The maximum atomic E-state index is 11.2. The van der Waals surface area contributed by atoms with Gasteiger partial charge in [0.25, 0.3) is 0 Å². The van der Waals surface area contributed by atoms with Crippen LogP contribution in [0.25, 0.3) is 0 Å². The molecular weight excluding hydrogens is 265 g/mol. The molecule has 1 heterocycles. The van der Waals surface area contributed by atoms with Crippen molar-refractivity contribution in [1.29, 1.82) is 0 Å². The highest BCUT2D eigenvalue weighted by Crippen LogP contribution is 2.28. The van der Waals surface area contributed by atoms with Crippen molar-refractivity contribution in [1.82, 2.24) is 9.97 Å². The van der Waals surface area contributed by atoms with Crippen molar-refractivity contribution in [3.8, 4) is 5.88 Å². The van der Waals surface area contributed by atoms with Gasteiger partial charge in [0.1, 0.15) is 17.9 Å². The van der Waals surface area contributed by atoms with Gasteiger partial charge >= 0.3 is 0 Å². The van der Waals surface area contributed by atoms with Gasteiger partial charge in [0.15, 0.2) is 5.15 Å². The topological polar surface area (TPSA) is 64.1 Å². The van der Waals surface area contributed by atoms with Crippen LogP contribution < -0.4 is 10.1 Å². The molecule has 17 heavy (non-hydrogen) atoms. The van der Waals surface area contributed by atoms with Crippen molar-refractivity contribution >= 4 is 34.8 Å². The Bertz CT molecular complexity index is 388. The van der Waals surface area contributed by atoms with Gasteiger partial charge in [-0.1, -0.05) is 24.9 Å². The average molecular weight is 278 g/mol. The molecule has 5 nitrogen and oxygen atoms in total. The Morgan fingerprint density at radius 3 is 2.94 bits per heavy atom. The predicted octanol–water partition coefficient (Wildman–Crippen LogP) is 2.49. The van der Waals surface area contributed by atoms with E-state index in [1.54, 1.807) is 0 Å². The third-order valence-electron chi connectivity index (χ3n) is 1.89. The van der Waals surface area contributed by atoms with E-state index in [1.165, 1.54) is 6.33 Å². The Kier molecular flexibility index (Phi) is 6.00. The molecule has 94 valence electrons. The monoisotopic (exact) mass is 277 g/mol. The molecule has 1 rings (SSSR count). The van der Waals surface area contributed by atoms with E-state index in [4.69, 9.17) is 27.9 Å². The summed E-state index contributed by atoms with van der Waals surface area (Å²) in [4.78, 5) is 18.9. The molecule has 0 bridgehead atoms. The minimum Gasteiger partial charge on any atom is -0.476 e. The summed E-state index contributed by atoms with van der Waals surface area (Å²) >= 11 is 11.3. The van der Waals surface area contributed by atoms with Crippen molar-refractivity contribution in [2.75, 3.05) is 17.8 Å². The summed E-state index contributed by atoms with van der Waals surface area (Å²) in [5, 5.41) is 2.63. The van der Waals surface area contributed by atoms with E-state index >= 15 is 0 Å². The number of aromatic nitrogens is 2. The van der Waals surface area contributed by atoms with E-state index in [2.05, 4.69) is 15.3 Å². The molecule has 7 heteroatoms. The molecule has 0 unspecified atom stereocenters. The Morgan fingerprint density at radius 2 is 2.29 bits per heavy atom. The summed E-state index contributed by atoms with van der Waals surface area (Å²) in [6, 6.07) is 0. The predicted molar refractivity (Wildman–Crippen MR) is 66.8 cm³/mol. The molecule has 0 aliphatic heterocycles. The highest BCUT2D eigenvalue weighted by atomic mass is 35.5. The maximum Gasteiger partial charge on any atom is 0.242 e. The second kappa shape index (κ2) is 7.29. The van der Waals surface area contributed by atoms with Crippen LogP contribution in [0.3, 0.4) is 0 Å². The van der Waals surface area contributed by atoms with Crippen molar-refractivity contribution < 1.29 is 9.53 Å². The van der Waals surface area contributed by atoms with E-state index in [-0.39, 0.29) is 28.5 Å². The minimum absolute atomic E-state index is 0.130. The third kappa shape index (κ3) is 4.36. The summed E-state index contributed by atoms with van der Waals surface area (Å²) in [6.07, 6.45) is 3.17. The van der Waals surface area contributed by atoms with Gasteiger partial charge in [-0.3, -0.25) is 4.79 Å². The lowest BCUT2D eigenvalue weighted by Gasteiger charge is -2.10. The summed E-state index contributed by atoms with van der Waals surface area (Å²) in [5.74, 6) is -0.291. The molecule has 0 aromatic carbocycles. The van der Waals surface area contributed by atoms with Crippen molar-refractivity contribution in [2.45, 2.75) is 19.8 Å². The highest BCUT2D eigenvalue weighted by Gasteiger charge is 2.13. The number of nitrogens with one attached hydrogen (secondary N) is 1. The van der Waals surface area contributed by atoms with Crippen LogP contribution in [-0.4, -0.2) is 28.4 Å². The molecule has 1 amide bonds. The second-order valence-corrected chi connectivity index (χ2v) is 3.85. The number of carbonyl (C=O) groups is 1. The molecule has 0 fully saturated rings. The number of ether oxygens (including phenoxy) is 1. The zero-order valence-corrected chi connectivity index (χ0v) is 10.9. The first kappa shape index (κ1) is 14.0. The first-order chi connectivity index (χ1) is 8.19. The fourth-order valence-electron chi connectivity index (χ4n) is 1.05.